The Bertz CT molecular complexity index is 473. The van der Waals surface area contributed by atoms with E-state index in [9.17, 15) is 4.79 Å². The number of carbonyl (C=O) groups is 1. The molecule has 0 radical (unpaired) electrons. The maximum Gasteiger partial charge on any atom is 0.226 e. The Morgan fingerprint density at radius 1 is 1.19 bits per heavy atom. The van der Waals surface area contributed by atoms with Crippen molar-refractivity contribution in [3.8, 4) is 0 Å². The monoisotopic (exact) mass is 287 g/mol. The van der Waals surface area contributed by atoms with Crippen LogP contribution < -0.4 is 5.32 Å². The third-order valence-electron chi connectivity index (χ3n) is 5.93. The van der Waals surface area contributed by atoms with Gasteiger partial charge in [0.25, 0.3) is 0 Å². The van der Waals surface area contributed by atoms with Crippen LogP contribution in [0.25, 0.3) is 0 Å². The van der Waals surface area contributed by atoms with Gasteiger partial charge in [-0.05, 0) is 68.8 Å². The lowest BCUT2D eigenvalue weighted by Gasteiger charge is -2.55. The van der Waals surface area contributed by atoms with Gasteiger partial charge in [0.1, 0.15) is 0 Å². The fraction of sp³-hybridized carbons (Fsp3) is 0.765. The van der Waals surface area contributed by atoms with E-state index >= 15 is 0 Å². The zero-order valence-electron chi connectivity index (χ0n) is 12.6. The number of hydrogen-bond acceptors (Lipinski definition) is 2. The average molecular weight is 287 g/mol. The minimum Gasteiger partial charge on any atom is -0.356 e. The fourth-order valence-electron chi connectivity index (χ4n) is 5.45. The molecule has 21 heavy (non-hydrogen) atoms. The van der Waals surface area contributed by atoms with E-state index in [1.807, 2.05) is 16.9 Å². The lowest BCUT2D eigenvalue weighted by atomic mass is 9.49. The van der Waals surface area contributed by atoms with Gasteiger partial charge in [0, 0.05) is 30.9 Å². The minimum atomic E-state index is 0.000446. The van der Waals surface area contributed by atoms with Crippen molar-refractivity contribution in [1.29, 1.82) is 0 Å². The minimum absolute atomic E-state index is 0.000446. The van der Waals surface area contributed by atoms with Gasteiger partial charge < -0.3 is 5.32 Å². The lowest BCUT2D eigenvalue weighted by molar-refractivity contribution is -0.146. The molecule has 1 heterocycles. The summed E-state index contributed by atoms with van der Waals surface area (Å²) in [5.74, 6) is 2.87. The van der Waals surface area contributed by atoms with E-state index in [1.54, 1.807) is 6.20 Å². The Morgan fingerprint density at radius 3 is 2.43 bits per heavy atom. The van der Waals surface area contributed by atoms with Crippen LogP contribution in [0.2, 0.25) is 0 Å². The van der Waals surface area contributed by atoms with Crippen molar-refractivity contribution in [2.45, 2.75) is 51.5 Å². The highest BCUT2D eigenvalue weighted by Gasteiger charge is 2.54. The maximum absolute atomic E-state index is 12.7. The molecule has 4 heteroatoms. The Kier molecular flexibility index (Phi) is 3.27. The Balaban J connectivity index is 1.31. The third kappa shape index (κ3) is 2.49. The second kappa shape index (κ2) is 5.15. The molecule has 1 amide bonds. The number of amides is 1. The molecule has 1 aromatic heterocycles. The molecule has 5 rings (SSSR count). The van der Waals surface area contributed by atoms with Gasteiger partial charge in [0.2, 0.25) is 5.91 Å². The van der Waals surface area contributed by atoms with E-state index in [-0.39, 0.29) is 5.41 Å². The van der Waals surface area contributed by atoms with Crippen LogP contribution in [-0.4, -0.2) is 22.2 Å². The quantitative estimate of drug-likeness (QED) is 0.846. The second-order valence-corrected chi connectivity index (χ2v) is 7.58. The van der Waals surface area contributed by atoms with E-state index in [4.69, 9.17) is 0 Å². The molecule has 4 aliphatic rings. The summed E-state index contributed by atoms with van der Waals surface area (Å²) in [6.07, 6.45) is 12.4. The first kappa shape index (κ1) is 13.4. The molecular weight excluding hydrogens is 262 g/mol. The molecule has 0 saturated heterocycles. The second-order valence-electron chi connectivity index (χ2n) is 7.58. The normalized spacial score (nSPS) is 36.9. The van der Waals surface area contributed by atoms with Crippen molar-refractivity contribution in [1.82, 2.24) is 15.1 Å². The van der Waals surface area contributed by atoms with Crippen LogP contribution in [0.3, 0.4) is 0 Å². The number of nitrogens with zero attached hydrogens (tertiary/aromatic N) is 2. The van der Waals surface area contributed by atoms with E-state index in [0.29, 0.717) is 5.91 Å². The van der Waals surface area contributed by atoms with Crippen LogP contribution in [0.5, 0.6) is 0 Å². The van der Waals surface area contributed by atoms with Crippen molar-refractivity contribution in [3.05, 3.63) is 18.5 Å². The maximum atomic E-state index is 12.7. The Labute approximate surface area is 126 Å². The van der Waals surface area contributed by atoms with Crippen LogP contribution >= 0.6 is 0 Å². The number of aryl methyl sites for hydroxylation is 1. The molecule has 0 unspecified atom stereocenters. The number of nitrogens with one attached hydrogen (secondary N) is 1. The summed E-state index contributed by atoms with van der Waals surface area (Å²) in [6, 6.07) is 1.94. The number of carbonyl (C=O) groups excluding carboxylic acids is 1. The predicted molar refractivity (Wildman–Crippen MR) is 80.5 cm³/mol. The van der Waals surface area contributed by atoms with Gasteiger partial charge in [-0.25, -0.2) is 0 Å². The zero-order chi connectivity index (χ0) is 14.3. The topological polar surface area (TPSA) is 46.9 Å². The molecule has 4 bridgehead atoms. The molecule has 4 nitrogen and oxygen atoms in total. The van der Waals surface area contributed by atoms with E-state index in [1.165, 1.54) is 19.3 Å². The SMILES string of the molecule is O=C(NCCCn1cccn1)C12CC3CC(CC(C3)C1)C2. The molecular formula is C17H25N3O. The molecule has 0 atom stereocenters. The standard InChI is InChI=1S/C17H25N3O/c21-16(18-3-1-5-20-6-2-4-19-20)17-10-13-7-14(11-17)9-15(8-13)12-17/h2,4,6,13-15H,1,3,5,7-12H2,(H,18,21). The van der Waals surface area contributed by atoms with Gasteiger partial charge in [-0.15, -0.1) is 0 Å². The van der Waals surface area contributed by atoms with Crippen LogP contribution in [0.1, 0.15) is 44.9 Å². The highest BCUT2D eigenvalue weighted by Crippen LogP contribution is 2.60. The first-order chi connectivity index (χ1) is 10.2. The smallest absolute Gasteiger partial charge is 0.226 e. The lowest BCUT2D eigenvalue weighted by Crippen LogP contribution is -2.53. The predicted octanol–water partition coefficient (Wildman–Crippen LogP) is 2.61. The first-order valence-electron chi connectivity index (χ1n) is 8.49. The van der Waals surface area contributed by atoms with Gasteiger partial charge in [-0.3, -0.25) is 9.48 Å². The summed E-state index contributed by atoms with van der Waals surface area (Å²) in [5.41, 5.74) is 0.000446. The third-order valence-corrected chi connectivity index (χ3v) is 5.93. The Morgan fingerprint density at radius 2 is 1.86 bits per heavy atom. The molecule has 4 aliphatic carbocycles. The van der Waals surface area contributed by atoms with Crippen LogP contribution in [0.15, 0.2) is 18.5 Å². The molecule has 0 aromatic carbocycles. The molecule has 114 valence electrons. The molecule has 1 N–H and O–H groups in total. The van der Waals surface area contributed by atoms with Crippen LogP contribution in [-0.2, 0) is 11.3 Å². The summed E-state index contributed by atoms with van der Waals surface area (Å²) >= 11 is 0. The van der Waals surface area contributed by atoms with Gasteiger partial charge in [-0.1, -0.05) is 0 Å². The summed E-state index contributed by atoms with van der Waals surface area (Å²) in [4.78, 5) is 12.7. The van der Waals surface area contributed by atoms with Crippen molar-refractivity contribution in [2.24, 2.45) is 23.2 Å². The fourth-order valence-corrected chi connectivity index (χ4v) is 5.45. The summed E-state index contributed by atoms with van der Waals surface area (Å²) in [6.45, 7) is 1.66. The van der Waals surface area contributed by atoms with E-state index in [0.717, 1.165) is 56.5 Å². The van der Waals surface area contributed by atoms with Gasteiger partial charge in [0.15, 0.2) is 0 Å². The van der Waals surface area contributed by atoms with E-state index < -0.39 is 0 Å². The van der Waals surface area contributed by atoms with Crippen molar-refractivity contribution in [3.63, 3.8) is 0 Å². The number of rotatable bonds is 5. The highest BCUT2D eigenvalue weighted by molar-refractivity contribution is 5.83. The average Bonchev–Trinajstić information content (AvgIpc) is 2.95. The molecule has 1 aromatic rings. The molecule has 4 fully saturated rings. The summed E-state index contributed by atoms with van der Waals surface area (Å²) < 4.78 is 1.93. The largest absolute Gasteiger partial charge is 0.356 e. The van der Waals surface area contributed by atoms with Crippen molar-refractivity contribution in [2.75, 3.05) is 6.54 Å². The summed E-state index contributed by atoms with van der Waals surface area (Å²) in [7, 11) is 0. The first-order valence-corrected chi connectivity index (χ1v) is 8.49. The Hall–Kier alpha value is -1.32. The van der Waals surface area contributed by atoms with E-state index in [2.05, 4.69) is 10.4 Å². The van der Waals surface area contributed by atoms with Gasteiger partial charge in [-0.2, -0.15) is 5.10 Å². The van der Waals surface area contributed by atoms with Gasteiger partial charge >= 0.3 is 0 Å². The number of aromatic nitrogens is 2. The number of hydrogen-bond donors (Lipinski definition) is 1. The van der Waals surface area contributed by atoms with Crippen molar-refractivity contribution >= 4 is 5.91 Å². The molecule has 4 saturated carbocycles. The summed E-state index contributed by atoms with van der Waals surface area (Å²) in [5, 5.41) is 7.41. The molecule has 0 aliphatic heterocycles. The molecule has 0 spiro atoms. The van der Waals surface area contributed by atoms with Crippen molar-refractivity contribution < 1.29 is 4.79 Å². The highest BCUT2D eigenvalue weighted by atomic mass is 16.2. The van der Waals surface area contributed by atoms with Crippen LogP contribution in [0, 0.1) is 23.2 Å². The van der Waals surface area contributed by atoms with Crippen LogP contribution in [0.4, 0.5) is 0 Å². The zero-order valence-corrected chi connectivity index (χ0v) is 12.6. The van der Waals surface area contributed by atoms with Gasteiger partial charge in [0.05, 0.1) is 0 Å².